The monoisotopic (exact) mass is 198 g/mol. The van der Waals surface area contributed by atoms with Crippen LogP contribution in [-0.2, 0) is 9.59 Å². The van der Waals surface area contributed by atoms with Gasteiger partial charge in [0, 0.05) is 19.0 Å². The lowest BCUT2D eigenvalue weighted by molar-refractivity contribution is -0.133. The third-order valence-corrected chi connectivity index (χ3v) is 2.55. The van der Waals surface area contributed by atoms with E-state index in [0.29, 0.717) is 13.1 Å². The molecule has 78 valence electrons. The second kappa shape index (κ2) is 4.83. The largest absolute Gasteiger partial charge is 0.340 e. The Morgan fingerprint density at radius 2 is 2.21 bits per heavy atom. The highest BCUT2D eigenvalue weighted by molar-refractivity contribution is 5.82. The second-order valence-corrected chi connectivity index (χ2v) is 3.58. The summed E-state index contributed by atoms with van der Waals surface area (Å²) in [6.45, 7) is 2.31. The quantitative estimate of drug-likeness (QED) is 0.623. The number of nitrogens with zero attached hydrogens (tertiary/aromatic N) is 2. The van der Waals surface area contributed by atoms with E-state index in [0.717, 1.165) is 12.8 Å². The van der Waals surface area contributed by atoms with E-state index in [9.17, 15) is 14.5 Å². The number of nitroso groups, excluding NO2 is 1. The second-order valence-electron chi connectivity index (χ2n) is 3.58. The lowest BCUT2D eigenvalue weighted by Crippen LogP contribution is -2.42. The molecule has 5 heteroatoms. The molecule has 0 aromatic heterocycles. The predicted octanol–water partition coefficient (Wildman–Crippen LogP) is 0.580. The average Bonchev–Trinajstić information content (AvgIpc) is 2.18. The van der Waals surface area contributed by atoms with E-state index in [2.05, 4.69) is 5.18 Å². The minimum Gasteiger partial charge on any atom is -0.340 e. The third-order valence-electron chi connectivity index (χ3n) is 2.55. The van der Waals surface area contributed by atoms with Crippen molar-refractivity contribution < 1.29 is 9.59 Å². The van der Waals surface area contributed by atoms with E-state index < -0.39 is 0 Å². The van der Waals surface area contributed by atoms with Gasteiger partial charge in [-0.15, -0.1) is 0 Å². The van der Waals surface area contributed by atoms with Crippen molar-refractivity contribution in [1.29, 1.82) is 0 Å². The van der Waals surface area contributed by atoms with Gasteiger partial charge in [0.1, 0.15) is 5.78 Å². The number of carbonyl (C=O) groups is 2. The Balaban J connectivity index is 2.51. The van der Waals surface area contributed by atoms with Gasteiger partial charge in [-0.1, -0.05) is 5.18 Å². The molecule has 0 aromatic carbocycles. The van der Waals surface area contributed by atoms with Gasteiger partial charge in [0.15, 0.2) is 6.54 Å². The molecule has 1 rings (SSSR count). The van der Waals surface area contributed by atoms with Crippen LogP contribution in [0.15, 0.2) is 5.18 Å². The van der Waals surface area contributed by atoms with E-state index in [1.54, 1.807) is 4.90 Å². The zero-order chi connectivity index (χ0) is 10.6. The van der Waals surface area contributed by atoms with Crippen molar-refractivity contribution in [2.75, 3.05) is 19.6 Å². The fourth-order valence-electron chi connectivity index (χ4n) is 1.69. The molecule has 0 aromatic rings. The zero-order valence-corrected chi connectivity index (χ0v) is 8.23. The van der Waals surface area contributed by atoms with Crippen molar-refractivity contribution in [2.24, 2.45) is 11.1 Å². The van der Waals surface area contributed by atoms with Crippen LogP contribution in [0.25, 0.3) is 0 Å². The van der Waals surface area contributed by atoms with Crippen LogP contribution in [0.3, 0.4) is 0 Å². The van der Waals surface area contributed by atoms with Crippen molar-refractivity contribution in [3.8, 4) is 0 Å². The molecule has 0 aliphatic carbocycles. The number of Topliss-reactive ketones (excluding diaryl/α,β-unsaturated/α-hetero) is 1. The first kappa shape index (κ1) is 10.8. The predicted molar refractivity (Wildman–Crippen MR) is 50.6 cm³/mol. The molecule has 0 saturated carbocycles. The van der Waals surface area contributed by atoms with Gasteiger partial charge in [0.2, 0.25) is 5.91 Å². The molecule has 5 nitrogen and oxygen atoms in total. The molecule has 1 aliphatic rings. The summed E-state index contributed by atoms with van der Waals surface area (Å²) in [5.74, 6) is -0.216. The van der Waals surface area contributed by atoms with Crippen molar-refractivity contribution in [1.82, 2.24) is 4.90 Å². The van der Waals surface area contributed by atoms with Gasteiger partial charge >= 0.3 is 0 Å². The molecule has 1 unspecified atom stereocenters. The van der Waals surface area contributed by atoms with Crippen LogP contribution in [0.4, 0.5) is 0 Å². The van der Waals surface area contributed by atoms with Crippen molar-refractivity contribution in [3.63, 3.8) is 0 Å². The van der Waals surface area contributed by atoms with Crippen molar-refractivity contribution >= 4 is 11.7 Å². The van der Waals surface area contributed by atoms with Gasteiger partial charge < -0.3 is 4.90 Å². The van der Waals surface area contributed by atoms with Crippen LogP contribution in [0.2, 0.25) is 0 Å². The highest BCUT2D eigenvalue weighted by Gasteiger charge is 2.25. The molecule has 14 heavy (non-hydrogen) atoms. The average molecular weight is 198 g/mol. The lowest BCUT2D eigenvalue weighted by atomic mass is 9.94. The normalized spacial score (nSPS) is 21.8. The molecular formula is C9H14N2O3. The molecule has 1 saturated heterocycles. The molecule has 0 radical (unpaired) electrons. The number of rotatable bonds is 3. The van der Waals surface area contributed by atoms with Gasteiger partial charge in [-0.25, -0.2) is 0 Å². The van der Waals surface area contributed by atoms with E-state index in [4.69, 9.17) is 0 Å². The minimum absolute atomic E-state index is 0.0562. The molecule has 1 heterocycles. The number of carbonyl (C=O) groups excluding carboxylic acids is 2. The zero-order valence-electron chi connectivity index (χ0n) is 8.23. The summed E-state index contributed by atoms with van der Waals surface area (Å²) in [5, 5.41) is 2.55. The first-order chi connectivity index (χ1) is 6.65. The Labute approximate surface area is 82.4 Å². The fraction of sp³-hybridized carbons (Fsp3) is 0.778. The maximum Gasteiger partial charge on any atom is 0.247 e. The van der Waals surface area contributed by atoms with Crippen LogP contribution in [0.1, 0.15) is 19.8 Å². The summed E-state index contributed by atoms with van der Waals surface area (Å²) in [7, 11) is 0. The topological polar surface area (TPSA) is 66.8 Å². The minimum atomic E-state index is -0.315. The summed E-state index contributed by atoms with van der Waals surface area (Å²) in [4.78, 5) is 33.9. The number of hydrogen-bond acceptors (Lipinski definition) is 4. The van der Waals surface area contributed by atoms with E-state index in [1.807, 2.05) is 0 Å². The first-order valence-electron chi connectivity index (χ1n) is 4.72. The smallest absolute Gasteiger partial charge is 0.247 e. The van der Waals surface area contributed by atoms with Crippen LogP contribution >= 0.6 is 0 Å². The maximum atomic E-state index is 11.3. The van der Waals surface area contributed by atoms with Crippen molar-refractivity contribution in [3.05, 3.63) is 4.91 Å². The highest BCUT2D eigenvalue weighted by Crippen LogP contribution is 2.17. The summed E-state index contributed by atoms with van der Waals surface area (Å²) < 4.78 is 0. The number of piperidine rings is 1. The Bertz CT molecular complexity index is 252. The molecule has 0 bridgehead atoms. The molecule has 0 spiro atoms. The van der Waals surface area contributed by atoms with E-state index >= 15 is 0 Å². The summed E-state index contributed by atoms with van der Waals surface area (Å²) in [6, 6.07) is 0. The van der Waals surface area contributed by atoms with Crippen LogP contribution in [0, 0.1) is 10.8 Å². The van der Waals surface area contributed by atoms with Crippen LogP contribution in [0.5, 0.6) is 0 Å². The standard InChI is InChI=1S/C9H14N2O3/c1-7(12)8-3-2-4-11(6-8)9(13)5-10-14/h8H,2-6H2,1H3. The molecular weight excluding hydrogens is 184 g/mol. The molecule has 1 amide bonds. The van der Waals surface area contributed by atoms with Gasteiger partial charge in [0.05, 0.1) is 0 Å². The summed E-state index contributed by atoms with van der Waals surface area (Å²) in [6.07, 6.45) is 1.67. The van der Waals surface area contributed by atoms with Crippen molar-refractivity contribution in [2.45, 2.75) is 19.8 Å². The van der Waals surface area contributed by atoms with Gasteiger partial charge in [0.25, 0.3) is 0 Å². The highest BCUT2D eigenvalue weighted by atomic mass is 16.3. The van der Waals surface area contributed by atoms with Gasteiger partial charge in [-0.3, -0.25) is 9.59 Å². The number of hydrogen-bond donors (Lipinski definition) is 0. The molecule has 1 fully saturated rings. The molecule has 1 atom stereocenters. The Morgan fingerprint density at radius 3 is 2.79 bits per heavy atom. The van der Waals surface area contributed by atoms with Gasteiger partial charge in [-0.05, 0) is 19.8 Å². The summed E-state index contributed by atoms with van der Waals surface area (Å²) in [5.41, 5.74) is 0. The molecule has 0 N–H and O–H groups in total. The third kappa shape index (κ3) is 2.61. The lowest BCUT2D eigenvalue weighted by Gasteiger charge is -2.30. The number of ketones is 1. The van der Waals surface area contributed by atoms with Gasteiger partial charge in [-0.2, -0.15) is 4.91 Å². The fourth-order valence-corrected chi connectivity index (χ4v) is 1.69. The van der Waals surface area contributed by atoms with E-state index in [-0.39, 0.29) is 24.2 Å². The number of amides is 1. The van der Waals surface area contributed by atoms with E-state index in [1.165, 1.54) is 6.92 Å². The Morgan fingerprint density at radius 1 is 1.50 bits per heavy atom. The maximum absolute atomic E-state index is 11.3. The number of likely N-dealkylation sites (tertiary alicyclic amines) is 1. The molecule has 1 aliphatic heterocycles. The van der Waals surface area contributed by atoms with Crippen LogP contribution < -0.4 is 0 Å². The first-order valence-corrected chi connectivity index (χ1v) is 4.72. The van der Waals surface area contributed by atoms with Crippen LogP contribution in [-0.4, -0.2) is 36.2 Å². The SMILES string of the molecule is CC(=O)C1CCCN(C(=O)CN=O)C1. The Kier molecular flexibility index (Phi) is 3.73. The summed E-state index contributed by atoms with van der Waals surface area (Å²) >= 11 is 0. The Hall–Kier alpha value is -1.26.